The molecule has 1 heterocycles. The molecule has 2 atom stereocenters. The Kier molecular flexibility index (Phi) is 4.80. The van der Waals surface area contributed by atoms with Crippen LogP contribution < -0.4 is 5.32 Å². The zero-order chi connectivity index (χ0) is 13.7. The molecule has 0 bridgehead atoms. The van der Waals surface area contributed by atoms with E-state index in [1.807, 2.05) is 6.07 Å². The number of methoxy groups -OCH3 is 1. The van der Waals surface area contributed by atoms with Crippen molar-refractivity contribution < 1.29 is 9.53 Å². The lowest BCUT2D eigenvalue weighted by Gasteiger charge is -2.37. The maximum Gasteiger partial charge on any atom is 0.407 e. The van der Waals surface area contributed by atoms with Crippen molar-refractivity contribution in [3.8, 4) is 0 Å². The Labute approximate surface area is 114 Å². The summed E-state index contributed by atoms with van der Waals surface area (Å²) in [7, 11) is 1.41. The fraction of sp³-hybridized carbons (Fsp3) is 0.533. The second kappa shape index (κ2) is 6.57. The van der Waals surface area contributed by atoms with E-state index in [1.165, 1.54) is 12.7 Å². The molecule has 1 aliphatic rings. The lowest BCUT2D eigenvalue weighted by Crippen LogP contribution is -2.51. The number of nitrogens with zero attached hydrogens (tertiary/aromatic N) is 1. The third-order valence-electron chi connectivity index (χ3n) is 3.78. The minimum absolute atomic E-state index is 0.171. The lowest BCUT2D eigenvalue weighted by atomic mass is 9.93. The van der Waals surface area contributed by atoms with Gasteiger partial charge in [-0.2, -0.15) is 0 Å². The smallest absolute Gasteiger partial charge is 0.407 e. The van der Waals surface area contributed by atoms with Crippen molar-refractivity contribution in [3.63, 3.8) is 0 Å². The molecule has 0 unspecified atom stereocenters. The van der Waals surface area contributed by atoms with Gasteiger partial charge in [0, 0.05) is 19.1 Å². The van der Waals surface area contributed by atoms with Gasteiger partial charge in [-0.3, -0.25) is 4.90 Å². The molecule has 0 aromatic heterocycles. The molecule has 1 aromatic carbocycles. The summed E-state index contributed by atoms with van der Waals surface area (Å²) >= 11 is 0. The van der Waals surface area contributed by atoms with E-state index < -0.39 is 0 Å². The fourth-order valence-corrected chi connectivity index (χ4v) is 2.52. The highest BCUT2D eigenvalue weighted by Crippen LogP contribution is 2.19. The number of piperidine rings is 1. The Balaban J connectivity index is 1.91. The third-order valence-corrected chi connectivity index (χ3v) is 3.78. The highest BCUT2D eigenvalue weighted by Gasteiger charge is 2.27. The van der Waals surface area contributed by atoms with Crippen molar-refractivity contribution in [1.82, 2.24) is 10.2 Å². The summed E-state index contributed by atoms with van der Waals surface area (Å²) in [4.78, 5) is 13.7. The second-order valence-corrected chi connectivity index (χ2v) is 5.23. The first kappa shape index (κ1) is 13.9. The van der Waals surface area contributed by atoms with E-state index in [0.717, 1.165) is 26.1 Å². The van der Waals surface area contributed by atoms with Crippen LogP contribution in [0.2, 0.25) is 0 Å². The average molecular weight is 262 g/mol. The standard InChI is InChI=1S/C15H22N2O2/c1-12-8-9-17(10-13-6-4-3-5-7-13)11-14(12)16-15(18)19-2/h3-7,12,14H,8-11H2,1-2H3,(H,16,18)/t12-,14-/m0/s1. The number of hydrogen-bond donors (Lipinski definition) is 1. The van der Waals surface area contributed by atoms with Crippen molar-refractivity contribution in [3.05, 3.63) is 35.9 Å². The number of alkyl carbamates (subject to hydrolysis) is 1. The van der Waals surface area contributed by atoms with Gasteiger partial charge in [0.15, 0.2) is 0 Å². The first-order chi connectivity index (χ1) is 9.19. The van der Waals surface area contributed by atoms with Crippen LogP contribution in [-0.2, 0) is 11.3 Å². The zero-order valence-corrected chi connectivity index (χ0v) is 11.6. The van der Waals surface area contributed by atoms with Gasteiger partial charge < -0.3 is 10.1 Å². The monoisotopic (exact) mass is 262 g/mol. The molecule has 4 heteroatoms. The summed E-state index contributed by atoms with van der Waals surface area (Å²) in [6, 6.07) is 10.6. The molecule has 19 heavy (non-hydrogen) atoms. The Morgan fingerprint density at radius 2 is 2.16 bits per heavy atom. The van der Waals surface area contributed by atoms with Crippen molar-refractivity contribution in [2.45, 2.75) is 25.9 Å². The molecule has 0 saturated carbocycles. The zero-order valence-electron chi connectivity index (χ0n) is 11.6. The van der Waals surface area contributed by atoms with Crippen LogP contribution in [0, 0.1) is 5.92 Å². The first-order valence-corrected chi connectivity index (χ1v) is 6.80. The maximum atomic E-state index is 11.3. The lowest BCUT2D eigenvalue weighted by molar-refractivity contribution is 0.123. The summed E-state index contributed by atoms with van der Waals surface area (Å²) < 4.78 is 4.69. The van der Waals surface area contributed by atoms with Gasteiger partial charge in [0.2, 0.25) is 0 Å². The molecular formula is C15H22N2O2. The summed E-state index contributed by atoms with van der Waals surface area (Å²) in [5, 5.41) is 2.93. The van der Waals surface area contributed by atoms with Crippen LogP contribution in [0.25, 0.3) is 0 Å². The van der Waals surface area contributed by atoms with Gasteiger partial charge in [0.1, 0.15) is 0 Å². The van der Waals surface area contributed by atoms with Crippen molar-refractivity contribution in [2.24, 2.45) is 5.92 Å². The van der Waals surface area contributed by atoms with Crippen LogP contribution in [0.15, 0.2) is 30.3 Å². The number of hydrogen-bond acceptors (Lipinski definition) is 3. The predicted molar refractivity (Wildman–Crippen MR) is 74.8 cm³/mol. The minimum atomic E-state index is -0.335. The van der Waals surface area contributed by atoms with E-state index in [-0.39, 0.29) is 12.1 Å². The molecule has 1 amide bonds. The molecule has 2 rings (SSSR count). The Morgan fingerprint density at radius 1 is 1.42 bits per heavy atom. The number of benzene rings is 1. The maximum absolute atomic E-state index is 11.3. The number of carbonyl (C=O) groups is 1. The van der Waals surface area contributed by atoms with Gasteiger partial charge in [0.05, 0.1) is 7.11 Å². The number of amides is 1. The van der Waals surface area contributed by atoms with Gasteiger partial charge in [-0.15, -0.1) is 0 Å². The largest absolute Gasteiger partial charge is 0.453 e. The summed E-state index contributed by atoms with van der Waals surface area (Å²) in [5.74, 6) is 0.492. The van der Waals surface area contributed by atoms with Gasteiger partial charge in [-0.05, 0) is 24.4 Å². The summed E-state index contributed by atoms with van der Waals surface area (Å²) in [6.07, 6.45) is 0.764. The van der Waals surface area contributed by atoms with E-state index in [1.54, 1.807) is 0 Å². The van der Waals surface area contributed by atoms with Crippen LogP contribution >= 0.6 is 0 Å². The molecule has 104 valence electrons. The van der Waals surface area contributed by atoms with Crippen LogP contribution in [-0.4, -0.2) is 37.2 Å². The molecule has 1 aliphatic heterocycles. The molecule has 1 saturated heterocycles. The number of likely N-dealkylation sites (tertiary alicyclic amines) is 1. The van der Waals surface area contributed by atoms with Crippen LogP contribution in [0.4, 0.5) is 4.79 Å². The van der Waals surface area contributed by atoms with Gasteiger partial charge in [-0.25, -0.2) is 4.79 Å². The molecule has 4 nitrogen and oxygen atoms in total. The Bertz CT molecular complexity index is 408. The van der Waals surface area contributed by atoms with Gasteiger partial charge in [-0.1, -0.05) is 37.3 Å². The molecule has 1 fully saturated rings. The quantitative estimate of drug-likeness (QED) is 0.908. The van der Waals surface area contributed by atoms with Gasteiger partial charge >= 0.3 is 6.09 Å². The SMILES string of the molecule is COC(=O)N[C@H]1CN(Cc2ccccc2)CC[C@@H]1C. The average Bonchev–Trinajstić information content (AvgIpc) is 2.43. The molecule has 1 aromatic rings. The van der Waals surface area contributed by atoms with E-state index in [0.29, 0.717) is 5.92 Å². The van der Waals surface area contributed by atoms with E-state index >= 15 is 0 Å². The molecule has 0 radical (unpaired) electrons. The van der Waals surface area contributed by atoms with E-state index in [2.05, 4.69) is 46.1 Å². The Morgan fingerprint density at radius 3 is 2.84 bits per heavy atom. The molecule has 0 aliphatic carbocycles. The normalized spacial score (nSPS) is 23.9. The number of nitrogens with one attached hydrogen (secondary N) is 1. The fourth-order valence-electron chi connectivity index (χ4n) is 2.52. The highest BCUT2D eigenvalue weighted by atomic mass is 16.5. The molecule has 1 N–H and O–H groups in total. The van der Waals surface area contributed by atoms with Crippen LogP contribution in [0.5, 0.6) is 0 Å². The van der Waals surface area contributed by atoms with E-state index in [9.17, 15) is 4.79 Å². The summed E-state index contributed by atoms with van der Waals surface area (Å²) in [6.45, 7) is 5.08. The minimum Gasteiger partial charge on any atom is -0.453 e. The molecule has 0 spiro atoms. The van der Waals surface area contributed by atoms with Crippen molar-refractivity contribution in [1.29, 1.82) is 0 Å². The Hall–Kier alpha value is -1.55. The second-order valence-electron chi connectivity index (χ2n) is 5.23. The number of carbonyl (C=O) groups excluding carboxylic acids is 1. The predicted octanol–water partition coefficient (Wildman–Crippen LogP) is 2.25. The van der Waals surface area contributed by atoms with Crippen LogP contribution in [0.1, 0.15) is 18.9 Å². The van der Waals surface area contributed by atoms with Gasteiger partial charge in [0.25, 0.3) is 0 Å². The number of ether oxygens (including phenoxy) is 1. The van der Waals surface area contributed by atoms with Crippen molar-refractivity contribution in [2.75, 3.05) is 20.2 Å². The van der Waals surface area contributed by atoms with Crippen molar-refractivity contribution >= 4 is 6.09 Å². The highest BCUT2D eigenvalue weighted by molar-refractivity contribution is 5.67. The first-order valence-electron chi connectivity index (χ1n) is 6.80. The number of rotatable bonds is 3. The topological polar surface area (TPSA) is 41.6 Å². The summed E-state index contributed by atoms with van der Waals surface area (Å²) in [5.41, 5.74) is 1.31. The molecular weight excluding hydrogens is 240 g/mol. The van der Waals surface area contributed by atoms with Crippen LogP contribution in [0.3, 0.4) is 0 Å². The third kappa shape index (κ3) is 3.96. The van der Waals surface area contributed by atoms with E-state index in [4.69, 9.17) is 0 Å².